The number of unbranched alkanes of at least 4 members (excludes halogenated alkanes) is 2. The number of esters is 1. The number of hydrogen-bond donors (Lipinski definition) is 2. The highest BCUT2D eigenvalue weighted by molar-refractivity contribution is 5.69. The molecular formula is C13H27NO3. The molecule has 0 aliphatic heterocycles. The summed E-state index contributed by atoms with van der Waals surface area (Å²) in [5, 5.41) is 12.4. The van der Waals surface area contributed by atoms with Gasteiger partial charge in [0.05, 0.1) is 12.7 Å². The van der Waals surface area contributed by atoms with E-state index in [0.29, 0.717) is 13.0 Å². The first kappa shape index (κ1) is 16.4. The predicted octanol–water partition coefficient (Wildman–Crippen LogP) is 1.86. The van der Waals surface area contributed by atoms with Crippen molar-refractivity contribution in [2.24, 2.45) is 0 Å². The first-order valence-electron chi connectivity index (χ1n) is 6.71. The zero-order chi connectivity index (χ0) is 12.9. The van der Waals surface area contributed by atoms with Crippen LogP contribution in [0.2, 0.25) is 0 Å². The molecule has 0 heterocycles. The summed E-state index contributed by atoms with van der Waals surface area (Å²) in [6, 6.07) is 0. The summed E-state index contributed by atoms with van der Waals surface area (Å²) >= 11 is 0. The third-order valence-electron chi connectivity index (χ3n) is 2.52. The van der Waals surface area contributed by atoms with Crippen LogP contribution in [-0.2, 0) is 9.53 Å². The van der Waals surface area contributed by atoms with Gasteiger partial charge in [0.15, 0.2) is 0 Å². The smallest absolute Gasteiger partial charge is 0.305 e. The molecule has 102 valence electrons. The van der Waals surface area contributed by atoms with E-state index in [4.69, 9.17) is 9.84 Å². The third kappa shape index (κ3) is 13.3. The van der Waals surface area contributed by atoms with Gasteiger partial charge in [-0.2, -0.15) is 0 Å². The van der Waals surface area contributed by atoms with Crippen molar-refractivity contribution < 1.29 is 14.6 Å². The fourth-order valence-corrected chi connectivity index (χ4v) is 1.58. The second-order valence-corrected chi connectivity index (χ2v) is 4.36. The molecule has 0 saturated heterocycles. The molecule has 17 heavy (non-hydrogen) atoms. The number of aliphatic hydroxyl groups is 1. The number of hydrogen-bond acceptors (Lipinski definition) is 4. The van der Waals surface area contributed by atoms with Crippen LogP contribution < -0.4 is 5.32 Å². The average molecular weight is 245 g/mol. The van der Waals surface area contributed by atoms with Gasteiger partial charge in [-0.15, -0.1) is 0 Å². The lowest BCUT2D eigenvalue weighted by Crippen LogP contribution is -2.18. The van der Waals surface area contributed by atoms with Crippen molar-refractivity contribution in [3.63, 3.8) is 0 Å². The second kappa shape index (κ2) is 11.9. The summed E-state index contributed by atoms with van der Waals surface area (Å²) in [6.07, 6.45) is 5.28. The molecule has 0 saturated carbocycles. The Morgan fingerprint density at radius 3 is 2.59 bits per heavy atom. The van der Waals surface area contributed by atoms with E-state index in [2.05, 4.69) is 5.32 Å². The van der Waals surface area contributed by atoms with E-state index in [-0.39, 0.29) is 12.1 Å². The van der Waals surface area contributed by atoms with Crippen LogP contribution in [0.3, 0.4) is 0 Å². The molecule has 2 N–H and O–H groups in total. The van der Waals surface area contributed by atoms with E-state index < -0.39 is 0 Å². The van der Waals surface area contributed by atoms with Gasteiger partial charge in [-0.3, -0.25) is 4.79 Å². The van der Waals surface area contributed by atoms with Crippen molar-refractivity contribution in [1.82, 2.24) is 5.32 Å². The lowest BCUT2D eigenvalue weighted by molar-refractivity contribution is -0.143. The van der Waals surface area contributed by atoms with Crippen molar-refractivity contribution in [1.29, 1.82) is 0 Å². The molecule has 0 bridgehead atoms. The maximum absolute atomic E-state index is 11.0. The number of nitrogens with one attached hydrogen (secondary N) is 1. The first-order valence-corrected chi connectivity index (χ1v) is 6.71. The lowest BCUT2D eigenvalue weighted by Gasteiger charge is -2.06. The van der Waals surface area contributed by atoms with Crippen LogP contribution in [0.25, 0.3) is 0 Å². The molecule has 0 aromatic heterocycles. The highest BCUT2D eigenvalue weighted by atomic mass is 16.5. The standard InChI is InChI=1S/C13H27NO3/c1-3-17-13(16)9-5-4-6-10-14-11-7-8-12(2)15/h12,14-15H,3-11H2,1-2H3. The fraction of sp³-hybridized carbons (Fsp3) is 0.923. The largest absolute Gasteiger partial charge is 0.466 e. The van der Waals surface area contributed by atoms with Gasteiger partial charge < -0.3 is 15.2 Å². The van der Waals surface area contributed by atoms with Gasteiger partial charge in [0, 0.05) is 6.42 Å². The van der Waals surface area contributed by atoms with Crippen LogP contribution in [0.15, 0.2) is 0 Å². The van der Waals surface area contributed by atoms with Crippen LogP contribution in [0.5, 0.6) is 0 Å². The van der Waals surface area contributed by atoms with Crippen molar-refractivity contribution in [2.75, 3.05) is 19.7 Å². The minimum absolute atomic E-state index is 0.0857. The van der Waals surface area contributed by atoms with Gasteiger partial charge in [-0.05, 0) is 52.6 Å². The Kier molecular flexibility index (Phi) is 11.4. The van der Waals surface area contributed by atoms with E-state index in [1.54, 1.807) is 0 Å². The van der Waals surface area contributed by atoms with Crippen LogP contribution in [0.4, 0.5) is 0 Å². The Morgan fingerprint density at radius 2 is 1.94 bits per heavy atom. The summed E-state index contributed by atoms with van der Waals surface area (Å²) in [7, 11) is 0. The molecule has 0 aliphatic carbocycles. The summed E-state index contributed by atoms with van der Waals surface area (Å²) in [5.41, 5.74) is 0. The van der Waals surface area contributed by atoms with Gasteiger partial charge in [0.2, 0.25) is 0 Å². The molecule has 0 aliphatic rings. The molecule has 0 spiro atoms. The fourth-order valence-electron chi connectivity index (χ4n) is 1.58. The Bertz CT molecular complexity index is 184. The molecule has 4 heteroatoms. The summed E-state index contributed by atoms with van der Waals surface area (Å²) in [6.45, 7) is 6.07. The number of carbonyl (C=O) groups is 1. The van der Waals surface area contributed by atoms with Crippen molar-refractivity contribution >= 4 is 5.97 Å². The molecular weight excluding hydrogens is 218 g/mol. The zero-order valence-corrected chi connectivity index (χ0v) is 11.2. The van der Waals surface area contributed by atoms with Crippen LogP contribution >= 0.6 is 0 Å². The minimum Gasteiger partial charge on any atom is -0.466 e. The van der Waals surface area contributed by atoms with Crippen LogP contribution in [-0.4, -0.2) is 36.9 Å². The molecule has 0 rings (SSSR count). The average Bonchev–Trinajstić information content (AvgIpc) is 2.27. The van der Waals surface area contributed by atoms with Gasteiger partial charge in [0.25, 0.3) is 0 Å². The Balaban J connectivity index is 3.06. The summed E-state index contributed by atoms with van der Waals surface area (Å²) in [4.78, 5) is 11.0. The second-order valence-electron chi connectivity index (χ2n) is 4.36. The first-order chi connectivity index (χ1) is 8.16. The quantitative estimate of drug-likeness (QED) is 0.431. The van der Waals surface area contributed by atoms with Gasteiger partial charge in [-0.25, -0.2) is 0 Å². The topological polar surface area (TPSA) is 58.6 Å². The molecule has 4 nitrogen and oxygen atoms in total. The summed E-state index contributed by atoms with van der Waals surface area (Å²) < 4.78 is 4.85. The van der Waals surface area contributed by atoms with Crippen molar-refractivity contribution in [3.05, 3.63) is 0 Å². The van der Waals surface area contributed by atoms with Crippen molar-refractivity contribution in [3.8, 4) is 0 Å². The third-order valence-corrected chi connectivity index (χ3v) is 2.52. The SMILES string of the molecule is CCOC(=O)CCCCCNCCCC(C)O. The van der Waals surface area contributed by atoms with E-state index in [0.717, 1.165) is 45.2 Å². The number of ether oxygens (including phenoxy) is 1. The normalized spacial score (nSPS) is 12.4. The maximum Gasteiger partial charge on any atom is 0.305 e. The molecule has 1 unspecified atom stereocenters. The molecule has 0 fully saturated rings. The Labute approximate surface area is 105 Å². The van der Waals surface area contributed by atoms with Crippen molar-refractivity contribution in [2.45, 2.75) is 58.5 Å². The van der Waals surface area contributed by atoms with Gasteiger partial charge in [0.1, 0.15) is 0 Å². The monoisotopic (exact) mass is 245 g/mol. The van der Waals surface area contributed by atoms with Crippen LogP contribution in [0.1, 0.15) is 52.4 Å². The number of rotatable bonds is 11. The molecule has 0 aromatic rings. The maximum atomic E-state index is 11.0. The number of aliphatic hydroxyl groups excluding tert-OH is 1. The number of carbonyl (C=O) groups excluding carboxylic acids is 1. The highest BCUT2D eigenvalue weighted by Crippen LogP contribution is 2.01. The van der Waals surface area contributed by atoms with E-state index in [1.165, 1.54) is 0 Å². The highest BCUT2D eigenvalue weighted by Gasteiger charge is 2.00. The summed E-state index contributed by atoms with van der Waals surface area (Å²) in [5.74, 6) is -0.0857. The Hall–Kier alpha value is -0.610. The molecule has 0 aromatic carbocycles. The minimum atomic E-state index is -0.193. The zero-order valence-electron chi connectivity index (χ0n) is 11.2. The predicted molar refractivity (Wildman–Crippen MR) is 68.9 cm³/mol. The van der Waals surface area contributed by atoms with E-state index >= 15 is 0 Å². The molecule has 1 atom stereocenters. The van der Waals surface area contributed by atoms with Crippen LogP contribution in [0, 0.1) is 0 Å². The Morgan fingerprint density at radius 1 is 1.24 bits per heavy atom. The van der Waals surface area contributed by atoms with E-state index in [1.807, 2.05) is 13.8 Å². The molecule has 0 amide bonds. The lowest BCUT2D eigenvalue weighted by atomic mass is 10.2. The van der Waals surface area contributed by atoms with Gasteiger partial charge in [-0.1, -0.05) is 6.42 Å². The molecule has 0 radical (unpaired) electrons. The van der Waals surface area contributed by atoms with Gasteiger partial charge >= 0.3 is 5.97 Å². The van der Waals surface area contributed by atoms with E-state index in [9.17, 15) is 4.79 Å².